The minimum atomic E-state index is -0.623. The number of hydrogen-bond acceptors (Lipinski definition) is 3. The second kappa shape index (κ2) is 5.25. The molecule has 1 unspecified atom stereocenters. The molecule has 1 aromatic rings. The fraction of sp³-hybridized carbons (Fsp3) is 0.462. The van der Waals surface area contributed by atoms with Gasteiger partial charge in [0.1, 0.15) is 11.6 Å². The third-order valence-electron chi connectivity index (χ3n) is 3.32. The number of benzene rings is 1. The second-order valence-corrected chi connectivity index (χ2v) is 4.69. The summed E-state index contributed by atoms with van der Waals surface area (Å²) in [7, 11) is 0. The Morgan fingerprint density at radius 3 is 2.78 bits per heavy atom. The van der Waals surface area contributed by atoms with Crippen LogP contribution in [0.25, 0.3) is 0 Å². The molecule has 1 saturated carbocycles. The summed E-state index contributed by atoms with van der Waals surface area (Å²) in [6.07, 6.45) is 3.68. The molecule has 0 N–H and O–H groups in total. The van der Waals surface area contributed by atoms with Gasteiger partial charge in [-0.25, -0.2) is 4.39 Å². The fourth-order valence-electron chi connectivity index (χ4n) is 2.41. The zero-order valence-corrected chi connectivity index (χ0v) is 9.89. The van der Waals surface area contributed by atoms with Crippen LogP contribution in [0.2, 0.25) is 0 Å². The highest BCUT2D eigenvalue weighted by Gasteiger charge is 2.23. The first-order chi connectivity index (χ1) is 8.56. The highest BCUT2D eigenvalue weighted by molar-refractivity contribution is 5.81. The molecule has 0 aromatic heterocycles. The predicted molar refractivity (Wildman–Crippen MR) is 63.7 cm³/mol. The second-order valence-electron chi connectivity index (χ2n) is 4.69. The number of carbonyl (C=O) groups excluding carboxylic acids is 1. The summed E-state index contributed by atoms with van der Waals surface area (Å²) in [4.78, 5) is 21.7. The van der Waals surface area contributed by atoms with Crippen molar-refractivity contribution in [2.24, 2.45) is 5.92 Å². The summed E-state index contributed by atoms with van der Waals surface area (Å²) in [5.41, 5.74) is 0.273. The maximum Gasteiger partial charge on any atom is 0.272 e. The molecule has 4 nitrogen and oxygen atoms in total. The van der Waals surface area contributed by atoms with E-state index in [-0.39, 0.29) is 17.4 Å². The molecular weight excluding hydrogens is 237 g/mol. The zero-order chi connectivity index (χ0) is 13.1. The highest BCUT2D eigenvalue weighted by atomic mass is 19.1. The first-order valence-electron chi connectivity index (χ1n) is 6.03. The average Bonchev–Trinajstić information content (AvgIpc) is 2.31. The summed E-state index contributed by atoms with van der Waals surface area (Å²) in [6, 6.07) is 3.52. The Bertz CT molecular complexity index is 487. The van der Waals surface area contributed by atoms with Crippen LogP contribution in [0.5, 0.6) is 0 Å². The smallest absolute Gasteiger partial charge is 0.272 e. The first kappa shape index (κ1) is 12.7. The van der Waals surface area contributed by atoms with Gasteiger partial charge in [-0.3, -0.25) is 14.9 Å². The molecule has 1 aliphatic carbocycles. The zero-order valence-electron chi connectivity index (χ0n) is 9.89. The van der Waals surface area contributed by atoms with Crippen molar-refractivity contribution >= 4 is 11.5 Å². The number of ketones is 1. The Morgan fingerprint density at radius 2 is 2.11 bits per heavy atom. The minimum absolute atomic E-state index is 0.111. The quantitative estimate of drug-likeness (QED) is 0.612. The summed E-state index contributed by atoms with van der Waals surface area (Å²) in [6.45, 7) is 0. The van der Waals surface area contributed by atoms with E-state index in [2.05, 4.69) is 0 Å². The lowest BCUT2D eigenvalue weighted by Gasteiger charge is -2.20. The normalized spacial score (nSPS) is 19.8. The van der Waals surface area contributed by atoms with Gasteiger partial charge in [0.15, 0.2) is 0 Å². The van der Waals surface area contributed by atoms with Crippen molar-refractivity contribution in [3.05, 3.63) is 39.7 Å². The molecule has 18 heavy (non-hydrogen) atoms. The van der Waals surface area contributed by atoms with Crippen molar-refractivity contribution in [2.75, 3.05) is 0 Å². The Kier molecular flexibility index (Phi) is 3.69. The van der Waals surface area contributed by atoms with Gasteiger partial charge in [0.25, 0.3) is 5.69 Å². The van der Waals surface area contributed by atoms with E-state index in [1.54, 1.807) is 0 Å². The lowest BCUT2D eigenvalue weighted by Crippen LogP contribution is -2.21. The number of non-ortho nitro benzene ring substituents is 1. The number of Topliss-reactive ketones (excluding diaryl/α,β-unsaturated/α-hetero) is 1. The van der Waals surface area contributed by atoms with Crippen LogP contribution in [0.1, 0.15) is 31.2 Å². The third kappa shape index (κ3) is 2.91. The summed E-state index contributed by atoms with van der Waals surface area (Å²) in [5, 5.41) is 10.6. The van der Waals surface area contributed by atoms with Crippen LogP contribution < -0.4 is 0 Å². The van der Waals surface area contributed by atoms with Crippen molar-refractivity contribution < 1.29 is 14.1 Å². The van der Waals surface area contributed by atoms with Gasteiger partial charge in [0.2, 0.25) is 0 Å². The topological polar surface area (TPSA) is 60.2 Å². The number of nitro groups is 1. The van der Waals surface area contributed by atoms with Gasteiger partial charge >= 0.3 is 0 Å². The van der Waals surface area contributed by atoms with Gasteiger partial charge < -0.3 is 0 Å². The minimum Gasteiger partial charge on any atom is -0.299 e. The number of halogens is 1. The molecule has 0 heterocycles. The van der Waals surface area contributed by atoms with Gasteiger partial charge in [-0.15, -0.1) is 0 Å². The molecule has 1 fully saturated rings. The molecule has 1 atom stereocenters. The standard InChI is InChI=1S/C13H14FNO3/c14-11-6-9(7-12(8-11)15(17)18)5-10-3-1-2-4-13(10)16/h6-8,10H,1-5H2. The van der Waals surface area contributed by atoms with Crippen LogP contribution >= 0.6 is 0 Å². The highest BCUT2D eigenvalue weighted by Crippen LogP contribution is 2.26. The van der Waals surface area contributed by atoms with Gasteiger partial charge in [-0.1, -0.05) is 6.42 Å². The number of rotatable bonds is 3. The molecule has 0 amide bonds. The predicted octanol–water partition coefficient (Wildman–Crippen LogP) is 3.04. The Labute approximate surface area is 104 Å². The largest absolute Gasteiger partial charge is 0.299 e. The number of nitro benzene ring substituents is 1. The Hall–Kier alpha value is -1.78. The summed E-state index contributed by atoms with van der Waals surface area (Å²) >= 11 is 0. The van der Waals surface area contributed by atoms with E-state index in [9.17, 15) is 19.3 Å². The van der Waals surface area contributed by atoms with Crippen LogP contribution in [-0.2, 0) is 11.2 Å². The molecule has 2 rings (SSSR count). The van der Waals surface area contributed by atoms with Gasteiger partial charge in [-0.05, 0) is 30.9 Å². The molecule has 1 aliphatic rings. The molecule has 5 heteroatoms. The average molecular weight is 251 g/mol. The lowest BCUT2D eigenvalue weighted by atomic mass is 9.84. The van der Waals surface area contributed by atoms with Crippen LogP contribution in [-0.4, -0.2) is 10.7 Å². The van der Waals surface area contributed by atoms with E-state index < -0.39 is 10.7 Å². The van der Waals surface area contributed by atoms with E-state index in [0.717, 1.165) is 25.3 Å². The van der Waals surface area contributed by atoms with Crippen LogP contribution in [0.3, 0.4) is 0 Å². The summed E-state index contributed by atoms with van der Waals surface area (Å²) in [5.74, 6) is -0.546. The first-order valence-corrected chi connectivity index (χ1v) is 6.03. The summed E-state index contributed by atoms with van der Waals surface area (Å²) < 4.78 is 13.2. The molecule has 0 saturated heterocycles. The maximum atomic E-state index is 13.2. The molecule has 1 aromatic carbocycles. The van der Waals surface area contributed by atoms with Crippen molar-refractivity contribution in [3.8, 4) is 0 Å². The molecular formula is C13H14FNO3. The number of nitrogens with zero attached hydrogens (tertiary/aromatic N) is 1. The van der Waals surface area contributed by atoms with Crippen molar-refractivity contribution in [3.63, 3.8) is 0 Å². The molecule has 96 valence electrons. The van der Waals surface area contributed by atoms with Crippen LogP contribution in [0, 0.1) is 21.8 Å². The SMILES string of the molecule is O=C1CCCCC1Cc1cc(F)cc([N+](=O)[O-])c1. The molecule has 0 spiro atoms. The van der Waals surface area contributed by atoms with Crippen LogP contribution in [0.4, 0.5) is 10.1 Å². The van der Waals surface area contributed by atoms with E-state index >= 15 is 0 Å². The van der Waals surface area contributed by atoms with Gasteiger partial charge in [0, 0.05) is 18.4 Å². The maximum absolute atomic E-state index is 13.2. The van der Waals surface area contributed by atoms with Crippen molar-refractivity contribution in [2.45, 2.75) is 32.1 Å². The van der Waals surface area contributed by atoms with Gasteiger partial charge in [-0.2, -0.15) is 0 Å². The Morgan fingerprint density at radius 1 is 1.33 bits per heavy atom. The van der Waals surface area contributed by atoms with E-state index in [1.165, 1.54) is 12.1 Å². The molecule has 0 radical (unpaired) electrons. The fourth-order valence-corrected chi connectivity index (χ4v) is 2.41. The lowest BCUT2D eigenvalue weighted by molar-refractivity contribution is -0.385. The monoisotopic (exact) mass is 251 g/mol. The van der Waals surface area contributed by atoms with E-state index in [0.29, 0.717) is 18.4 Å². The number of hydrogen-bond donors (Lipinski definition) is 0. The third-order valence-corrected chi connectivity index (χ3v) is 3.32. The molecule has 0 aliphatic heterocycles. The van der Waals surface area contributed by atoms with Gasteiger partial charge in [0.05, 0.1) is 11.0 Å². The molecule has 0 bridgehead atoms. The number of carbonyl (C=O) groups is 1. The van der Waals surface area contributed by atoms with Crippen molar-refractivity contribution in [1.29, 1.82) is 0 Å². The van der Waals surface area contributed by atoms with E-state index in [1.807, 2.05) is 0 Å². The van der Waals surface area contributed by atoms with Crippen molar-refractivity contribution in [1.82, 2.24) is 0 Å². The Balaban J connectivity index is 2.17. The van der Waals surface area contributed by atoms with E-state index in [4.69, 9.17) is 0 Å². The van der Waals surface area contributed by atoms with Crippen LogP contribution in [0.15, 0.2) is 18.2 Å².